The van der Waals surface area contributed by atoms with Crippen molar-refractivity contribution in [1.82, 2.24) is 19.8 Å². The molecule has 1 aromatic rings. The summed E-state index contributed by atoms with van der Waals surface area (Å²) < 4.78 is 0. The van der Waals surface area contributed by atoms with E-state index in [1.807, 2.05) is 0 Å². The number of aromatic nitrogens is 2. The molecule has 0 saturated heterocycles. The molecule has 0 aliphatic carbocycles. The van der Waals surface area contributed by atoms with Crippen LogP contribution in [0.3, 0.4) is 0 Å². The number of hydrogen-bond acceptors (Lipinski definition) is 5. The van der Waals surface area contributed by atoms with Gasteiger partial charge in [-0.1, -0.05) is 6.92 Å². The maximum absolute atomic E-state index is 5.52. The Morgan fingerprint density at radius 1 is 1.29 bits per heavy atom. The average Bonchev–Trinajstić information content (AvgIpc) is 2.27. The van der Waals surface area contributed by atoms with Crippen LogP contribution >= 0.6 is 0 Å². The second-order valence-corrected chi connectivity index (χ2v) is 4.61. The first-order chi connectivity index (χ1) is 8.02. The minimum atomic E-state index is 0.470. The van der Waals surface area contributed by atoms with Crippen LogP contribution in [0.25, 0.3) is 0 Å². The maximum Gasteiger partial charge on any atom is 0.141 e. The zero-order chi connectivity index (χ0) is 12.8. The number of likely N-dealkylation sites (N-methyl/N-ethyl adjacent to an activating group) is 2. The highest BCUT2D eigenvalue weighted by atomic mass is 15.2. The standard InChI is InChI=1S/C12H23N5/c1-5-17(10(2)8-16(3)4)9-11-6-15-12(13)7-14-11/h6-7,10H,5,8-9H2,1-4H3,(H2,13,15). The Hall–Kier alpha value is -1.20. The molecule has 1 rings (SSSR count). The lowest BCUT2D eigenvalue weighted by Gasteiger charge is -2.29. The van der Waals surface area contributed by atoms with Gasteiger partial charge in [0.15, 0.2) is 0 Å². The second kappa shape index (κ2) is 6.51. The fourth-order valence-electron chi connectivity index (χ4n) is 1.88. The predicted molar refractivity (Wildman–Crippen MR) is 70.5 cm³/mol. The Balaban J connectivity index is 2.59. The van der Waals surface area contributed by atoms with E-state index < -0.39 is 0 Å². The van der Waals surface area contributed by atoms with Gasteiger partial charge in [-0.15, -0.1) is 0 Å². The quantitative estimate of drug-likeness (QED) is 0.794. The van der Waals surface area contributed by atoms with Crippen molar-refractivity contribution in [3.05, 3.63) is 18.1 Å². The first kappa shape index (κ1) is 13.9. The highest BCUT2D eigenvalue weighted by Gasteiger charge is 2.13. The Morgan fingerprint density at radius 2 is 2.00 bits per heavy atom. The van der Waals surface area contributed by atoms with Crippen LogP contribution in [0.4, 0.5) is 5.82 Å². The van der Waals surface area contributed by atoms with Gasteiger partial charge in [0.1, 0.15) is 5.82 Å². The Kier molecular flexibility index (Phi) is 5.31. The van der Waals surface area contributed by atoms with Crippen molar-refractivity contribution < 1.29 is 0 Å². The summed E-state index contributed by atoms with van der Waals surface area (Å²) in [7, 11) is 4.18. The molecule has 0 bridgehead atoms. The van der Waals surface area contributed by atoms with Crippen molar-refractivity contribution in [2.45, 2.75) is 26.4 Å². The third-order valence-electron chi connectivity index (χ3n) is 2.75. The molecule has 96 valence electrons. The molecule has 0 amide bonds. The van der Waals surface area contributed by atoms with Crippen molar-refractivity contribution in [3.8, 4) is 0 Å². The van der Waals surface area contributed by atoms with Gasteiger partial charge in [-0.25, -0.2) is 4.98 Å². The molecule has 0 radical (unpaired) electrons. The largest absolute Gasteiger partial charge is 0.382 e. The number of anilines is 1. The molecule has 0 aliphatic heterocycles. The first-order valence-corrected chi connectivity index (χ1v) is 5.98. The van der Waals surface area contributed by atoms with Crippen LogP contribution in [0.2, 0.25) is 0 Å². The third-order valence-corrected chi connectivity index (χ3v) is 2.75. The molecule has 0 spiro atoms. The molecule has 0 aliphatic rings. The van der Waals surface area contributed by atoms with Crippen LogP contribution in [-0.4, -0.2) is 53.0 Å². The Morgan fingerprint density at radius 3 is 2.47 bits per heavy atom. The lowest BCUT2D eigenvalue weighted by atomic mass is 10.2. The molecule has 1 heterocycles. The SMILES string of the molecule is CCN(Cc1cnc(N)cn1)C(C)CN(C)C. The fraction of sp³-hybridized carbons (Fsp3) is 0.667. The van der Waals surface area contributed by atoms with Crippen molar-refractivity contribution in [2.75, 3.05) is 32.9 Å². The fourth-order valence-corrected chi connectivity index (χ4v) is 1.88. The summed E-state index contributed by atoms with van der Waals surface area (Å²) in [6.07, 6.45) is 3.36. The van der Waals surface area contributed by atoms with E-state index in [9.17, 15) is 0 Å². The molecular formula is C12H23N5. The minimum Gasteiger partial charge on any atom is -0.382 e. The van der Waals surface area contributed by atoms with Gasteiger partial charge in [-0.3, -0.25) is 9.88 Å². The molecule has 17 heavy (non-hydrogen) atoms. The molecular weight excluding hydrogens is 214 g/mol. The van der Waals surface area contributed by atoms with E-state index in [1.54, 1.807) is 12.4 Å². The van der Waals surface area contributed by atoms with Gasteiger partial charge in [0.05, 0.1) is 18.1 Å². The molecule has 0 fully saturated rings. The zero-order valence-corrected chi connectivity index (χ0v) is 11.2. The lowest BCUT2D eigenvalue weighted by molar-refractivity contribution is 0.172. The number of rotatable bonds is 6. The summed E-state index contributed by atoms with van der Waals surface area (Å²) in [6.45, 7) is 7.25. The van der Waals surface area contributed by atoms with E-state index in [2.05, 4.69) is 47.7 Å². The summed E-state index contributed by atoms with van der Waals surface area (Å²) >= 11 is 0. The van der Waals surface area contributed by atoms with Gasteiger partial charge in [0, 0.05) is 19.1 Å². The third kappa shape index (κ3) is 4.66. The van der Waals surface area contributed by atoms with Gasteiger partial charge in [-0.05, 0) is 27.6 Å². The molecule has 5 heteroatoms. The highest BCUT2D eigenvalue weighted by molar-refractivity contribution is 5.22. The molecule has 1 atom stereocenters. The second-order valence-electron chi connectivity index (χ2n) is 4.61. The summed E-state index contributed by atoms with van der Waals surface area (Å²) in [5.74, 6) is 0.470. The van der Waals surface area contributed by atoms with Gasteiger partial charge in [0.2, 0.25) is 0 Å². The smallest absolute Gasteiger partial charge is 0.141 e. The van der Waals surface area contributed by atoms with Crippen LogP contribution in [0.5, 0.6) is 0 Å². The first-order valence-electron chi connectivity index (χ1n) is 5.98. The average molecular weight is 237 g/mol. The summed E-state index contributed by atoms with van der Waals surface area (Å²) in [4.78, 5) is 12.9. The summed E-state index contributed by atoms with van der Waals surface area (Å²) in [6, 6.07) is 0.495. The van der Waals surface area contributed by atoms with E-state index >= 15 is 0 Å². The highest BCUT2D eigenvalue weighted by Crippen LogP contribution is 2.06. The number of nitrogens with two attached hydrogens (primary N) is 1. The Bertz CT molecular complexity index is 322. The lowest BCUT2D eigenvalue weighted by Crippen LogP contribution is -2.39. The van der Waals surface area contributed by atoms with Gasteiger partial charge < -0.3 is 10.6 Å². The Labute approximate surface area is 104 Å². The van der Waals surface area contributed by atoms with Gasteiger partial charge in [0.25, 0.3) is 0 Å². The monoisotopic (exact) mass is 237 g/mol. The van der Waals surface area contributed by atoms with Crippen molar-refractivity contribution in [3.63, 3.8) is 0 Å². The number of nitrogen functional groups attached to an aromatic ring is 1. The molecule has 0 saturated carbocycles. The minimum absolute atomic E-state index is 0.470. The van der Waals surface area contributed by atoms with Crippen LogP contribution in [0.15, 0.2) is 12.4 Å². The van der Waals surface area contributed by atoms with E-state index in [-0.39, 0.29) is 0 Å². The maximum atomic E-state index is 5.52. The molecule has 2 N–H and O–H groups in total. The predicted octanol–water partition coefficient (Wildman–Crippen LogP) is 0.831. The summed E-state index contributed by atoms with van der Waals surface area (Å²) in [5, 5.41) is 0. The molecule has 0 aromatic carbocycles. The van der Waals surface area contributed by atoms with Gasteiger partial charge >= 0.3 is 0 Å². The van der Waals surface area contributed by atoms with Crippen LogP contribution in [0, 0.1) is 0 Å². The van der Waals surface area contributed by atoms with E-state index in [1.165, 1.54) is 0 Å². The van der Waals surface area contributed by atoms with E-state index in [4.69, 9.17) is 5.73 Å². The number of hydrogen-bond donors (Lipinski definition) is 1. The van der Waals surface area contributed by atoms with Crippen LogP contribution in [0.1, 0.15) is 19.5 Å². The van der Waals surface area contributed by atoms with E-state index in [0.717, 1.165) is 25.3 Å². The number of nitrogens with zero attached hydrogens (tertiary/aromatic N) is 4. The topological polar surface area (TPSA) is 58.3 Å². The van der Waals surface area contributed by atoms with Crippen molar-refractivity contribution in [2.24, 2.45) is 0 Å². The normalized spacial score (nSPS) is 13.3. The van der Waals surface area contributed by atoms with Crippen molar-refractivity contribution in [1.29, 1.82) is 0 Å². The molecule has 1 unspecified atom stereocenters. The van der Waals surface area contributed by atoms with Crippen LogP contribution in [-0.2, 0) is 6.54 Å². The zero-order valence-electron chi connectivity index (χ0n) is 11.2. The molecule has 5 nitrogen and oxygen atoms in total. The van der Waals surface area contributed by atoms with Gasteiger partial charge in [-0.2, -0.15) is 0 Å². The van der Waals surface area contributed by atoms with Crippen LogP contribution < -0.4 is 5.73 Å². The summed E-state index contributed by atoms with van der Waals surface area (Å²) in [5.41, 5.74) is 6.49. The van der Waals surface area contributed by atoms with Crippen molar-refractivity contribution >= 4 is 5.82 Å². The van der Waals surface area contributed by atoms with E-state index in [0.29, 0.717) is 11.9 Å². The molecule has 1 aromatic heterocycles.